The molecular weight excluding hydrogens is 254 g/mol. The van der Waals surface area contributed by atoms with Gasteiger partial charge in [0.2, 0.25) is 0 Å². The smallest absolute Gasteiger partial charge is 0.252 e. The first-order chi connectivity index (χ1) is 8.50. The summed E-state index contributed by atoms with van der Waals surface area (Å²) in [6.45, 7) is 5.76. The summed E-state index contributed by atoms with van der Waals surface area (Å²) >= 11 is 5.78. The monoisotopic (exact) mass is 271 g/mol. The maximum absolute atomic E-state index is 11.7. The number of amides is 1. The number of nitrogens with one attached hydrogen (secondary N) is 1. The zero-order valence-electron chi connectivity index (χ0n) is 10.6. The molecule has 1 aromatic rings. The zero-order chi connectivity index (χ0) is 13.5. The minimum atomic E-state index is -0.238. The standard InChI is InChI=1S/C12H18ClN3O2/c1-8(2)7-18-4-3-15-12(17)9-5-10(13)11(14)16-6-9/h5-6,8H,3-4,7H2,1-2H3,(H2,14,16)(H,15,17). The Hall–Kier alpha value is -1.33. The lowest BCUT2D eigenvalue weighted by Crippen LogP contribution is -2.27. The summed E-state index contributed by atoms with van der Waals surface area (Å²) < 4.78 is 5.35. The molecular formula is C12H18ClN3O2. The number of carbonyl (C=O) groups excluding carboxylic acids is 1. The van der Waals surface area contributed by atoms with Crippen LogP contribution in [-0.2, 0) is 4.74 Å². The Bertz CT molecular complexity index is 410. The lowest BCUT2D eigenvalue weighted by molar-refractivity contribution is 0.0886. The van der Waals surface area contributed by atoms with Crippen LogP contribution in [-0.4, -0.2) is 30.6 Å². The highest BCUT2D eigenvalue weighted by Gasteiger charge is 2.07. The number of anilines is 1. The van der Waals surface area contributed by atoms with E-state index in [4.69, 9.17) is 22.1 Å². The second-order valence-electron chi connectivity index (χ2n) is 4.32. The van der Waals surface area contributed by atoms with Gasteiger partial charge in [0.05, 0.1) is 17.2 Å². The topological polar surface area (TPSA) is 77.2 Å². The lowest BCUT2D eigenvalue weighted by Gasteiger charge is -2.08. The van der Waals surface area contributed by atoms with Crippen LogP contribution in [0.4, 0.5) is 5.82 Å². The van der Waals surface area contributed by atoms with Crippen LogP contribution < -0.4 is 11.1 Å². The third-order valence-electron chi connectivity index (χ3n) is 2.11. The molecule has 1 heterocycles. The van der Waals surface area contributed by atoms with Crippen molar-refractivity contribution in [1.82, 2.24) is 10.3 Å². The molecule has 0 aromatic carbocycles. The molecule has 100 valence electrons. The fourth-order valence-corrected chi connectivity index (χ4v) is 1.40. The van der Waals surface area contributed by atoms with Crippen molar-refractivity contribution in [2.75, 3.05) is 25.5 Å². The van der Waals surface area contributed by atoms with E-state index >= 15 is 0 Å². The van der Waals surface area contributed by atoms with E-state index in [2.05, 4.69) is 24.1 Å². The second-order valence-corrected chi connectivity index (χ2v) is 4.72. The number of hydrogen-bond donors (Lipinski definition) is 2. The van der Waals surface area contributed by atoms with Gasteiger partial charge in [0.25, 0.3) is 5.91 Å². The second kappa shape index (κ2) is 7.18. The first-order valence-electron chi connectivity index (χ1n) is 5.77. The van der Waals surface area contributed by atoms with Crippen molar-refractivity contribution in [2.24, 2.45) is 5.92 Å². The molecule has 0 saturated carbocycles. The number of ether oxygens (including phenoxy) is 1. The number of carbonyl (C=O) groups is 1. The van der Waals surface area contributed by atoms with Crippen molar-refractivity contribution in [3.05, 3.63) is 22.8 Å². The SMILES string of the molecule is CC(C)COCCNC(=O)c1cnc(N)c(Cl)c1. The number of rotatable bonds is 6. The number of nitrogen functional groups attached to an aromatic ring is 1. The van der Waals surface area contributed by atoms with Gasteiger partial charge in [0, 0.05) is 19.3 Å². The van der Waals surface area contributed by atoms with E-state index in [1.165, 1.54) is 12.3 Å². The summed E-state index contributed by atoms with van der Waals surface area (Å²) in [5.74, 6) is 0.465. The zero-order valence-corrected chi connectivity index (χ0v) is 11.3. The average molecular weight is 272 g/mol. The van der Waals surface area contributed by atoms with Crippen LogP contribution in [0.5, 0.6) is 0 Å². The highest BCUT2D eigenvalue weighted by molar-refractivity contribution is 6.33. The van der Waals surface area contributed by atoms with Gasteiger partial charge in [-0.15, -0.1) is 0 Å². The fraction of sp³-hybridized carbons (Fsp3) is 0.500. The molecule has 1 aromatic heterocycles. The van der Waals surface area contributed by atoms with Gasteiger partial charge in [-0.2, -0.15) is 0 Å². The Morgan fingerprint density at radius 2 is 2.33 bits per heavy atom. The van der Waals surface area contributed by atoms with Gasteiger partial charge in [-0.05, 0) is 12.0 Å². The molecule has 0 unspecified atom stereocenters. The molecule has 1 amide bonds. The molecule has 3 N–H and O–H groups in total. The number of hydrogen-bond acceptors (Lipinski definition) is 4. The third-order valence-corrected chi connectivity index (χ3v) is 2.42. The van der Waals surface area contributed by atoms with Crippen molar-refractivity contribution in [3.8, 4) is 0 Å². The van der Waals surface area contributed by atoms with Crippen LogP contribution in [0.2, 0.25) is 5.02 Å². The van der Waals surface area contributed by atoms with E-state index in [1.807, 2.05) is 0 Å². The molecule has 0 aliphatic carbocycles. The summed E-state index contributed by atoms with van der Waals surface area (Å²) in [7, 11) is 0. The first-order valence-corrected chi connectivity index (χ1v) is 6.15. The molecule has 6 heteroatoms. The average Bonchev–Trinajstić information content (AvgIpc) is 2.31. The van der Waals surface area contributed by atoms with Crippen molar-refractivity contribution < 1.29 is 9.53 Å². The third kappa shape index (κ3) is 4.89. The molecule has 18 heavy (non-hydrogen) atoms. The van der Waals surface area contributed by atoms with Crippen LogP contribution in [0, 0.1) is 5.92 Å². The van der Waals surface area contributed by atoms with Crippen LogP contribution in [0.1, 0.15) is 24.2 Å². The molecule has 0 aliphatic heterocycles. The van der Waals surface area contributed by atoms with Crippen molar-refractivity contribution in [1.29, 1.82) is 0 Å². The molecule has 1 rings (SSSR count). The number of nitrogens with two attached hydrogens (primary N) is 1. The highest BCUT2D eigenvalue weighted by Crippen LogP contribution is 2.16. The Balaban J connectivity index is 2.34. The fourth-order valence-electron chi connectivity index (χ4n) is 1.23. The number of pyridine rings is 1. The van der Waals surface area contributed by atoms with Gasteiger partial charge in [0.15, 0.2) is 0 Å². The maximum Gasteiger partial charge on any atom is 0.252 e. The summed E-state index contributed by atoms with van der Waals surface area (Å²) in [5.41, 5.74) is 5.85. The van der Waals surface area contributed by atoms with E-state index in [0.29, 0.717) is 31.2 Å². The number of halogens is 1. The maximum atomic E-state index is 11.7. The molecule has 0 spiro atoms. The summed E-state index contributed by atoms with van der Waals surface area (Å²) in [4.78, 5) is 15.5. The van der Waals surface area contributed by atoms with E-state index in [0.717, 1.165) is 0 Å². The molecule has 0 bridgehead atoms. The van der Waals surface area contributed by atoms with Crippen LogP contribution in [0.15, 0.2) is 12.3 Å². The van der Waals surface area contributed by atoms with Crippen molar-refractivity contribution in [3.63, 3.8) is 0 Å². The summed E-state index contributed by atoms with van der Waals surface area (Å²) in [6.07, 6.45) is 1.39. The van der Waals surface area contributed by atoms with E-state index in [9.17, 15) is 4.79 Å². The Labute approximate surface area is 112 Å². The quantitative estimate of drug-likeness (QED) is 0.773. The molecule has 0 atom stereocenters. The Morgan fingerprint density at radius 3 is 2.94 bits per heavy atom. The minimum Gasteiger partial charge on any atom is -0.382 e. The van der Waals surface area contributed by atoms with Gasteiger partial charge in [-0.3, -0.25) is 4.79 Å². The molecule has 5 nitrogen and oxygen atoms in total. The Morgan fingerprint density at radius 1 is 1.61 bits per heavy atom. The van der Waals surface area contributed by atoms with Gasteiger partial charge < -0.3 is 15.8 Å². The first kappa shape index (κ1) is 14.7. The van der Waals surface area contributed by atoms with E-state index in [1.54, 1.807) is 0 Å². The number of aromatic nitrogens is 1. The largest absolute Gasteiger partial charge is 0.382 e. The predicted molar refractivity (Wildman–Crippen MR) is 71.6 cm³/mol. The lowest BCUT2D eigenvalue weighted by atomic mass is 10.2. The molecule has 0 aliphatic rings. The van der Waals surface area contributed by atoms with Gasteiger partial charge in [-0.1, -0.05) is 25.4 Å². The number of nitrogens with zero attached hydrogens (tertiary/aromatic N) is 1. The predicted octanol–water partition coefficient (Wildman–Crippen LogP) is 1.72. The normalized spacial score (nSPS) is 10.7. The molecule has 0 saturated heterocycles. The Kier molecular flexibility index (Phi) is 5.88. The van der Waals surface area contributed by atoms with Crippen molar-refractivity contribution in [2.45, 2.75) is 13.8 Å². The van der Waals surface area contributed by atoms with Crippen LogP contribution in [0.25, 0.3) is 0 Å². The van der Waals surface area contributed by atoms with Gasteiger partial charge in [0.1, 0.15) is 5.82 Å². The summed E-state index contributed by atoms with van der Waals surface area (Å²) in [6, 6.07) is 1.49. The minimum absolute atomic E-state index is 0.216. The molecule has 0 radical (unpaired) electrons. The van der Waals surface area contributed by atoms with Crippen molar-refractivity contribution >= 4 is 23.3 Å². The highest BCUT2D eigenvalue weighted by atomic mass is 35.5. The van der Waals surface area contributed by atoms with E-state index in [-0.39, 0.29) is 16.7 Å². The molecule has 0 fully saturated rings. The summed E-state index contributed by atoms with van der Waals surface area (Å²) in [5, 5.41) is 2.99. The van der Waals surface area contributed by atoms with E-state index < -0.39 is 0 Å². The van der Waals surface area contributed by atoms with Gasteiger partial charge >= 0.3 is 0 Å². The van der Waals surface area contributed by atoms with Crippen LogP contribution >= 0.6 is 11.6 Å². The van der Waals surface area contributed by atoms with Crippen LogP contribution in [0.3, 0.4) is 0 Å². The van der Waals surface area contributed by atoms with Gasteiger partial charge in [-0.25, -0.2) is 4.98 Å².